The number of hydrogen-bond acceptors (Lipinski definition) is 4. The molecular weight excluding hydrogens is 282 g/mol. The number of hydrogen-bond donors (Lipinski definition) is 1. The molecule has 0 aromatic carbocycles. The molecular formula is C16H23N3O3. The summed E-state index contributed by atoms with van der Waals surface area (Å²) in [4.78, 5) is 29.8. The number of aromatic nitrogens is 1. The molecule has 0 aliphatic carbocycles. The number of rotatable bonds is 5. The first kappa shape index (κ1) is 16.3. The van der Waals surface area contributed by atoms with Crippen molar-refractivity contribution in [2.24, 2.45) is 12.2 Å². The monoisotopic (exact) mass is 305 g/mol. The average Bonchev–Trinajstić information content (AvgIpc) is 2.97. The van der Waals surface area contributed by atoms with E-state index in [0.717, 1.165) is 36.2 Å². The first-order valence-electron chi connectivity index (χ1n) is 7.67. The van der Waals surface area contributed by atoms with Gasteiger partial charge in [-0.2, -0.15) is 0 Å². The molecule has 0 spiro atoms. The van der Waals surface area contributed by atoms with Gasteiger partial charge in [-0.3, -0.25) is 9.59 Å². The summed E-state index contributed by atoms with van der Waals surface area (Å²) >= 11 is 0. The Morgan fingerprint density at radius 3 is 2.77 bits per heavy atom. The van der Waals surface area contributed by atoms with Gasteiger partial charge in [-0.25, -0.2) is 0 Å². The van der Waals surface area contributed by atoms with Gasteiger partial charge in [0.1, 0.15) is 11.7 Å². The molecule has 1 aliphatic rings. The minimum atomic E-state index is -0.361. The van der Waals surface area contributed by atoms with E-state index in [0.29, 0.717) is 6.54 Å². The predicted molar refractivity (Wildman–Crippen MR) is 85.3 cm³/mol. The minimum Gasteiger partial charge on any atom is -0.390 e. The maximum Gasteiger partial charge on any atom is 0.263 e. The quantitative estimate of drug-likeness (QED) is 0.897. The highest BCUT2D eigenvalue weighted by Crippen LogP contribution is 2.12. The van der Waals surface area contributed by atoms with E-state index in [2.05, 4.69) is 10.5 Å². The summed E-state index contributed by atoms with van der Waals surface area (Å²) in [5.74, 6) is -0.361. The number of nitrogens with one attached hydrogen (secondary N) is 1. The largest absolute Gasteiger partial charge is 0.390 e. The lowest BCUT2D eigenvalue weighted by molar-refractivity contribution is 0.0752. The maximum atomic E-state index is 12.3. The van der Waals surface area contributed by atoms with Crippen LogP contribution in [0, 0.1) is 6.92 Å². The molecule has 6 heteroatoms. The number of pyridine rings is 1. The zero-order chi connectivity index (χ0) is 16.3. The molecule has 1 unspecified atom stereocenters. The average molecular weight is 305 g/mol. The van der Waals surface area contributed by atoms with Crippen LogP contribution in [0.1, 0.15) is 48.3 Å². The molecule has 1 aromatic heterocycles. The molecule has 0 saturated heterocycles. The van der Waals surface area contributed by atoms with Gasteiger partial charge in [-0.15, -0.1) is 0 Å². The summed E-state index contributed by atoms with van der Waals surface area (Å²) < 4.78 is 1.55. The van der Waals surface area contributed by atoms with Gasteiger partial charge < -0.3 is 14.7 Å². The molecule has 0 saturated carbocycles. The summed E-state index contributed by atoms with van der Waals surface area (Å²) in [6, 6.07) is 1.67. The van der Waals surface area contributed by atoms with E-state index in [9.17, 15) is 9.59 Å². The molecule has 1 atom stereocenters. The van der Waals surface area contributed by atoms with Crippen LogP contribution >= 0.6 is 0 Å². The van der Waals surface area contributed by atoms with Crippen LogP contribution in [-0.2, 0) is 18.3 Å². The van der Waals surface area contributed by atoms with Crippen LogP contribution in [0.2, 0.25) is 0 Å². The zero-order valence-corrected chi connectivity index (χ0v) is 13.6. The number of amides is 1. The summed E-state index contributed by atoms with van der Waals surface area (Å²) in [5.41, 5.74) is 2.80. The van der Waals surface area contributed by atoms with Gasteiger partial charge in [0, 0.05) is 19.2 Å². The van der Waals surface area contributed by atoms with E-state index >= 15 is 0 Å². The molecule has 1 N–H and O–H groups in total. The summed E-state index contributed by atoms with van der Waals surface area (Å²) in [7, 11) is 1.70. The van der Waals surface area contributed by atoms with Gasteiger partial charge in [-0.05, 0) is 31.4 Å². The molecule has 0 bridgehead atoms. The van der Waals surface area contributed by atoms with Gasteiger partial charge in [0.15, 0.2) is 0 Å². The lowest BCUT2D eigenvalue weighted by atomic mass is 10.1. The van der Waals surface area contributed by atoms with Gasteiger partial charge >= 0.3 is 0 Å². The van der Waals surface area contributed by atoms with Crippen molar-refractivity contribution in [2.75, 3.05) is 6.54 Å². The maximum absolute atomic E-state index is 12.3. The molecule has 22 heavy (non-hydrogen) atoms. The van der Waals surface area contributed by atoms with Crippen LogP contribution in [-0.4, -0.2) is 28.8 Å². The Morgan fingerprint density at radius 2 is 2.18 bits per heavy atom. The second-order valence-corrected chi connectivity index (χ2v) is 5.56. The van der Waals surface area contributed by atoms with Crippen molar-refractivity contribution >= 4 is 11.6 Å². The number of carbonyl (C=O) groups is 1. The fraction of sp³-hybridized carbons (Fsp3) is 0.562. The van der Waals surface area contributed by atoms with Crippen LogP contribution in [0.5, 0.6) is 0 Å². The topological polar surface area (TPSA) is 72.7 Å². The Morgan fingerprint density at radius 1 is 1.45 bits per heavy atom. The molecule has 2 heterocycles. The second-order valence-electron chi connectivity index (χ2n) is 5.56. The molecule has 1 aromatic rings. The van der Waals surface area contributed by atoms with Crippen LogP contribution in [0.15, 0.2) is 16.0 Å². The van der Waals surface area contributed by atoms with Crippen LogP contribution in [0.4, 0.5) is 0 Å². The van der Waals surface area contributed by atoms with E-state index in [1.165, 1.54) is 0 Å². The molecule has 1 amide bonds. The molecule has 1 aliphatic heterocycles. The lowest BCUT2D eigenvalue weighted by Gasteiger charge is -2.13. The fourth-order valence-electron chi connectivity index (χ4n) is 2.71. The molecule has 0 fully saturated rings. The highest BCUT2D eigenvalue weighted by atomic mass is 16.6. The Hall–Kier alpha value is -2.11. The van der Waals surface area contributed by atoms with Crippen LogP contribution in [0.3, 0.4) is 0 Å². The zero-order valence-electron chi connectivity index (χ0n) is 13.6. The molecule has 0 radical (unpaired) electrons. The van der Waals surface area contributed by atoms with Gasteiger partial charge in [0.2, 0.25) is 0 Å². The van der Waals surface area contributed by atoms with Crippen molar-refractivity contribution < 1.29 is 9.63 Å². The Labute approximate surface area is 130 Å². The summed E-state index contributed by atoms with van der Waals surface area (Å²) in [5, 5.41) is 6.72. The van der Waals surface area contributed by atoms with Crippen molar-refractivity contribution in [2.45, 2.75) is 46.1 Å². The van der Waals surface area contributed by atoms with Gasteiger partial charge in [0.25, 0.3) is 11.5 Å². The first-order valence-corrected chi connectivity index (χ1v) is 7.67. The Bertz CT molecular complexity index is 661. The molecule has 120 valence electrons. The van der Waals surface area contributed by atoms with E-state index in [-0.39, 0.29) is 23.1 Å². The summed E-state index contributed by atoms with van der Waals surface area (Å²) in [6.07, 6.45) is 2.19. The molecule has 2 rings (SSSR count). The standard InChI is InChI=1S/C16H23N3O3/c1-5-11-8-12(22-18-11)9-17-15(20)13-7-10(3)14(6-2)19(4)16(13)21/h7,12H,5-6,8-9H2,1-4H3,(H,17,20). The van der Waals surface area contributed by atoms with Gasteiger partial charge in [0.05, 0.1) is 12.3 Å². The number of aryl methyl sites for hydroxylation is 1. The second kappa shape index (κ2) is 6.77. The SMILES string of the molecule is CCC1=NOC(CNC(=O)c2cc(C)c(CC)n(C)c2=O)C1. The van der Waals surface area contributed by atoms with E-state index in [1.807, 2.05) is 20.8 Å². The van der Waals surface area contributed by atoms with E-state index in [1.54, 1.807) is 17.7 Å². The van der Waals surface area contributed by atoms with E-state index in [4.69, 9.17) is 4.84 Å². The van der Waals surface area contributed by atoms with Crippen LogP contribution < -0.4 is 10.9 Å². The third-order valence-electron chi connectivity index (χ3n) is 4.03. The highest BCUT2D eigenvalue weighted by molar-refractivity contribution is 5.94. The van der Waals surface area contributed by atoms with E-state index < -0.39 is 0 Å². The van der Waals surface area contributed by atoms with Gasteiger partial charge in [-0.1, -0.05) is 19.0 Å². The van der Waals surface area contributed by atoms with Crippen molar-refractivity contribution in [3.05, 3.63) is 33.2 Å². The third-order valence-corrected chi connectivity index (χ3v) is 4.03. The first-order chi connectivity index (χ1) is 10.5. The normalized spacial score (nSPS) is 17.1. The summed E-state index contributed by atoms with van der Waals surface area (Å²) in [6.45, 7) is 6.27. The molecule has 6 nitrogen and oxygen atoms in total. The van der Waals surface area contributed by atoms with Crippen molar-refractivity contribution in [1.82, 2.24) is 9.88 Å². The third kappa shape index (κ3) is 3.21. The Kier molecular flexibility index (Phi) is 5.00. The Balaban J connectivity index is 2.06. The smallest absolute Gasteiger partial charge is 0.263 e. The lowest BCUT2D eigenvalue weighted by Crippen LogP contribution is -2.37. The number of carbonyl (C=O) groups excluding carboxylic acids is 1. The predicted octanol–water partition coefficient (Wildman–Crippen LogP) is 1.54. The van der Waals surface area contributed by atoms with Crippen LogP contribution in [0.25, 0.3) is 0 Å². The fourth-order valence-corrected chi connectivity index (χ4v) is 2.71. The highest BCUT2D eigenvalue weighted by Gasteiger charge is 2.22. The number of oxime groups is 1. The van der Waals surface area contributed by atoms with Crippen molar-refractivity contribution in [1.29, 1.82) is 0 Å². The van der Waals surface area contributed by atoms with Crippen molar-refractivity contribution in [3.8, 4) is 0 Å². The van der Waals surface area contributed by atoms with Crippen molar-refractivity contribution in [3.63, 3.8) is 0 Å². The minimum absolute atomic E-state index is 0.140. The number of nitrogens with zero attached hydrogens (tertiary/aromatic N) is 2.